The van der Waals surface area contributed by atoms with E-state index in [1.165, 1.54) is 10.8 Å². The van der Waals surface area contributed by atoms with E-state index in [4.69, 9.17) is 9.97 Å². The van der Waals surface area contributed by atoms with Gasteiger partial charge in [0.05, 0.1) is 33.5 Å². The first-order valence-corrected chi connectivity index (χ1v) is 18.7. The Morgan fingerprint density at radius 1 is 0.375 bits per heavy atom. The van der Waals surface area contributed by atoms with Gasteiger partial charge in [-0.05, 0) is 71.4 Å². The Labute approximate surface area is 322 Å². The number of hydrogen-bond donors (Lipinski definition) is 0. The molecule has 0 bridgehead atoms. The molecule has 0 radical (unpaired) electrons. The molecule has 8 aromatic carbocycles. The summed E-state index contributed by atoms with van der Waals surface area (Å²) in [6, 6.07) is 68.0. The molecule has 260 valence electrons. The topological polar surface area (TPSA) is 59.4 Å². The molecule has 0 spiro atoms. The molecule has 0 amide bonds. The van der Waals surface area contributed by atoms with Crippen molar-refractivity contribution in [2.24, 2.45) is 0 Å². The van der Waals surface area contributed by atoms with Crippen LogP contribution in [0.15, 0.2) is 188 Å². The number of aromatic nitrogens is 4. The Balaban J connectivity index is 1.22. The fourth-order valence-electron chi connectivity index (χ4n) is 8.38. The van der Waals surface area contributed by atoms with Crippen LogP contribution in [0.5, 0.6) is 0 Å². The van der Waals surface area contributed by atoms with Crippen LogP contribution in [0.1, 0.15) is 5.56 Å². The van der Waals surface area contributed by atoms with Gasteiger partial charge in [0, 0.05) is 49.6 Å². The van der Waals surface area contributed by atoms with E-state index in [1.807, 2.05) is 42.5 Å². The van der Waals surface area contributed by atoms with Gasteiger partial charge < -0.3 is 9.13 Å². The largest absolute Gasteiger partial charge is 0.309 e. The van der Waals surface area contributed by atoms with Crippen molar-refractivity contribution >= 4 is 54.4 Å². The molecule has 56 heavy (non-hydrogen) atoms. The van der Waals surface area contributed by atoms with E-state index >= 15 is 0 Å². The van der Waals surface area contributed by atoms with Crippen molar-refractivity contribution in [3.63, 3.8) is 0 Å². The van der Waals surface area contributed by atoms with Gasteiger partial charge in [-0.1, -0.05) is 127 Å². The number of fused-ring (bicyclic) bond motifs is 7. The molecule has 0 fully saturated rings. The first-order chi connectivity index (χ1) is 27.7. The van der Waals surface area contributed by atoms with Crippen molar-refractivity contribution in [1.82, 2.24) is 19.1 Å². The summed E-state index contributed by atoms with van der Waals surface area (Å²) in [5.41, 5.74) is 10.9. The van der Waals surface area contributed by atoms with E-state index in [-0.39, 0.29) is 0 Å². The quantitative estimate of drug-likeness (QED) is 0.178. The number of hydrogen-bond acceptors (Lipinski definition) is 3. The van der Waals surface area contributed by atoms with Crippen LogP contribution in [-0.2, 0) is 0 Å². The summed E-state index contributed by atoms with van der Waals surface area (Å²) in [7, 11) is 0. The zero-order valence-electron chi connectivity index (χ0n) is 30.1. The van der Waals surface area contributed by atoms with Crippen LogP contribution < -0.4 is 0 Å². The lowest BCUT2D eigenvalue weighted by atomic mass is 9.97. The zero-order valence-corrected chi connectivity index (χ0v) is 30.1. The third kappa shape index (κ3) is 4.94. The van der Waals surface area contributed by atoms with Gasteiger partial charge in [0.15, 0.2) is 5.82 Å². The Morgan fingerprint density at radius 3 is 1.57 bits per heavy atom. The minimum atomic E-state index is 0.444. The van der Waals surface area contributed by atoms with Gasteiger partial charge in [0.25, 0.3) is 0 Å². The molecule has 3 heterocycles. The second-order valence-corrected chi connectivity index (χ2v) is 14.1. The maximum atomic E-state index is 10.9. The summed E-state index contributed by atoms with van der Waals surface area (Å²) in [4.78, 5) is 10.3. The fraction of sp³-hybridized carbons (Fsp3) is 0. The van der Waals surface area contributed by atoms with Crippen LogP contribution in [0.4, 0.5) is 0 Å². The first-order valence-electron chi connectivity index (χ1n) is 18.7. The Morgan fingerprint density at radius 2 is 0.893 bits per heavy atom. The van der Waals surface area contributed by atoms with Gasteiger partial charge in [-0.25, -0.2) is 9.97 Å². The monoisotopic (exact) mass is 713 g/mol. The second kappa shape index (κ2) is 12.7. The average Bonchev–Trinajstić information content (AvgIpc) is 3.77. The summed E-state index contributed by atoms with van der Waals surface area (Å²) in [6.07, 6.45) is 0. The van der Waals surface area contributed by atoms with Gasteiger partial charge in [-0.15, -0.1) is 0 Å². The van der Waals surface area contributed by atoms with Crippen LogP contribution in [0, 0.1) is 11.3 Å². The molecule has 0 atom stereocenters. The van der Waals surface area contributed by atoms with E-state index in [9.17, 15) is 5.26 Å². The lowest BCUT2D eigenvalue weighted by molar-refractivity contribution is 1.16. The Bertz CT molecular complexity index is 3350. The summed E-state index contributed by atoms with van der Waals surface area (Å²) in [5, 5.41) is 17.7. The molecule has 0 aliphatic carbocycles. The van der Waals surface area contributed by atoms with Crippen LogP contribution in [-0.4, -0.2) is 19.1 Å². The Hall–Kier alpha value is -7.81. The van der Waals surface area contributed by atoms with Crippen LogP contribution >= 0.6 is 0 Å². The highest BCUT2D eigenvalue weighted by atomic mass is 15.0. The van der Waals surface area contributed by atoms with Crippen molar-refractivity contribution in [2.45, 2.75) is 0 Å². The number of nitriles is 1. The van der Waals surface area contributed by atoms with Crippen molar-refractivity contribution < 1.29 is 0 Å². The zero-order chi connectivity index (χ0) is 37.2. The molecule has 0 saturated heterocycles. The lowest BCUT2D eigenvalue weighted by Crippen LogP contribution is -2.01. The predicted octanol–water partition coefficient (Wildman–Crippen LogP) is 12.7. The summed E-state index contributed by atoms with van der Waals surface area (Å²) in [6.45, 7) is 0. The normalized spacial score (nSPS) is 11.6. The molecule has 0 saturated carbocycles. The Kier molecular flexibility index (Phi) is 7.16. The van der Waals surface area contributed by atoms with E-state index < -0.39 is 0 Å². The highest BCUT2D eigenvalue weighted by Gasteiger charge is 2.22. The number of nitrogens with zero attached hydrogens (tertiary/aromatic N) is 5. The minimum absolute atomic E-state index is 0.444. The predicted molar refractivity (Wildman–Crippen MR) is 229 cm³/mol. The number of rotatable bonds is 5. The standard InChI is InChI=1S/C51H31N5/c52-32-44-49(36-25-24-33-14-10-11-17-35(33)28-36)53-51(34-15-4-1-5-16-34)54-50(44)37-26-27-46-41(29-37)43-30-42-40-22-12-13-23-45(40)55(38-18-6-2-7-19-38)47(42)31-48(43)56(46)39-20-8-3-9-21-39/h1-31H. The van der Waals surface area contributed by atoms with E-state index in [1.54, 1.807) is 0 Å². The molecular weight excluding hydrogens is 683 g/mol. The highest BCUT2D eigenvalue weighted by molar-refractivity contribution is 6.19. The van der Waals surface area contributed by atoms with Crippen molar-refractivity contribution in [2.75, 3.05) is 0 Å². The first kappa shape index (κ1) is 31.7. The van der Waals surface area contributed by atoms with Gasteiger partial charge >= 0.3 is 0 Å². The molecule has 0 aliphatic heterocycles. The molecular formula is C51H31N5. The minimum Gasteiger partial charge on any atom is -0.309 e. The molecule has 11 rings (SSSR count). The van der Waals surface area contributed by atoms with Crippen LogP contribution in [0.25, 0.3) is 99.7 Å². The molecule has 3 aromatic heterocycles. The van der Waals surface area contributed by atoms with E-state index in [0.29, 0.717) is 22.8 Å². The van der Waals surface area contributed by atoms with Gasteiger partial charge in [-0.3, -0.25) is 0 Å². The molecule has 0 aliphatic rings. The fourth-order valence-corrected chi connectivity index (χ4v) is 8.38. The van der Waals surface area contributed by atoms with Gasteiger partial charge in [0.1, 0.15) is 11.6 Å². The second-order valence-electron chi connectivity index (χ2n) is 14.1. The SMILES string of the molecule is N#Cc1c(-c2ccc3ccccc3c2)nc(-c2ccccc2)nc1-c1ccc2c(c1)c1cc3c4ccccc4n(-c4ccccc4)c3cc1n2-c1ccccc1. The molecule has 0 unspecified atom stereocenters. The van der Waals surface area contributed by atoms with Crippen LogP contribution in [0.3, 0.4) is 0 Å². The van der Waals surface area contributed by atoms with E-state index in [0.717, 1.165) is 71.7 Å². The smallest absolute Gasteiger partial charge is 0.160 e. The lowest BCUT2D eigenvalue weighted by Gasteiger charge is -2.13. The molecule has 0 N–H and O–H groups in total. The third-order valence-corrected chi connectivity index (χ3v) is 10.9. The summed E-state index contributed by atoms with van der Waals surface area (Å²) >= 11 is 0. The van der Waals surface area contributed by atoms with Crippen molar-refractivity contribution in [3.05, 3.63) is 194 Å². The average molecular weight is 714 g/mol. The number of para-hydroxylation sites is 3. The van der Waals surface area contributed by atoms with Crippen molar-refractivity contribution in [1.29, 1.82) is 5.26 Å². The maximum Gasteiger partial charge on any atom is 0.160 e. The highest BCUT2D eigenvalue weighted by Crippen LogP contribution is 2.42. The molecule has 5 heteroatoms. The van der Waals surface area contributed by atoms with E-state index in [2.05, 4.69) is 161 Å². The van der Waals surface area contributed by atoms with Gasteiger partial charge in [0.2, 0.25) is 0 Å². The summed E-state index contributed by atoms with van der Waals surface area (Å²) in [5.74, 6) is 0.574. The van der Waals surface area contributed by atoms with Crippen molar-refractivity contribution in [3.8, 4) is 51.3 Å². The van der Waals surface area contributed by atoms with Crippen LogP contribution in [0.2, 0.25) is 0 Å². The maximum absolute atomic E-state index is 10.9. The number of benzene rings is 8. The molecule has 11 aromatic rings. The third-order valence-electron chi connectivity index (χ3n) is 10.9. The summed E-state index contributed by atoms with van der Waals surface area (Å²) < 4.78 is 4.71. The molecule has 5 nitrogen and oxygen atoms in total. The van der Waals surface area contributed by atoms with Gasteiger partial charge in [-0.2, -0.15) is 5.26 Å².